The summed E-state index contributed by atoms with van der Waals surface area (Å²) in [6, 6.07) is 4.37. The van der Waals surface area contributed by atoms with Gasteiger partial charge < -0.3 is 0 Å². The van der Waals surface area contributed by atoms with Crippen molar-refractivity contribution in [2.45, 2.75) is 83.0 Å². The van der Waals surface area contributed by atoms with Crippen molar-refractivity contribution in [1.29, 1.82) is 0 Å². The van der Waals surface area contributed by atoms with Crippen molar-refractivity contribution in [2.75, 3.05) is 0 Å². The molecule has 1 aromatic carbocycles. The van der Waals surface area contributed by atoms with Crippen LogP contribution in [0.1, 0.15) is 93.9 Å². The first kappa shape index (κ1) is 28.6. The van der Waals surface area contributed by atoms with Crippen molar-refractivity contribution in [3.05, 3.63) is 67.6 Å². The van der Waals surface area contributed by atoms with E-state index >= 15 is 0 Å². The number of aromatic nitrogens is 1. The summed E-state index contributed by atoms with van der Waals surface area (Å²) in [5.41, 5.74) is 4.64. The number of hydrogen-bond donors (Lipinski definition) is 1. The highest BCUT2D eigenvalue weighted by Gasteiger charge is 2.25. The molecule has 2 N–H and O–H groups in total. The van der Waals surface area contributed by atoms with Crippen LogP contribution in [0, 0.1) is 10.8 Å². The number of nitrogens with zero attached hydrogens (tertiary/aromatic N) is 3. The highest BCUT2D eigenvalue weighted by atomic mass is 35.5. The monoisotopic (exact) mass is 546 g/mol. The number of carbonyl (C=O) groups excluding carboxylic acids is 1. The van der Waals surface area contributed by atoms with E-state index in [2.05, 4.69) is 73.4 Å². The Morgan fingerprint density at radius 3 is 2.39 bits per heavy atom. The molecule has 0 saturated carbocycles. The second kappa shape index (κ2) is 11.6. The number of rotatable bonds is 8. The Hall–Kier alpha value is -2.00. The van der Waals surface area contributed by atoms with Crippen LogP contribution in [0.15, 0.2) is 49.4 Å². The largest absolute Gasteiger partial charge is 0.272 e. The molecule has 1 amide bonds. The topological polar surface area (TPSA) is 97.8 Å². The minimum absolute atomic E-state index is 0.175. The van der Waals surface area contributed by atoms with E-state index in [0.717, 1.165) is 39.3 Å². The summed E-state index contributed by atoms with van der Waals surface area (Å²) >= 11 is 7.75. The molecule has 0 bridgehead atoms. The number of carbonyl (C=O) groups is 1. The Morgan fingerprint density at radius 2 is 1.86 bits per heavy atom. The van der Waals surface area contributed by atoms with E-state index in [1.165, 1.54) is 11.3 Å². The molecule has 36 heavy (non-hydrogen) atoms. The fourth-order valence-electron chi connectivity index (χ4n) is 4.10. The summed E-state index contributed by atoms with van der Waals surface area (Å²) in [4.78, 5) is 29.2. The molecule has 2 atom stereocenters. The quantitative estimate of drug-likeness (QED) is 0.342. The predicted molar refractivity (Wildman–Crippen MR) is 152 cm³/mol. The highest BCUT2D eigenvalue weighted by molar-refractivity contribution is 7.87. The molecule has 0 saturated heterocycles. The minimum atomic E-state index is -1.20. The molecule has 194 valence electrons. The number of benzene rings is 1. The zero-order valence-corrected chi connectivity index (χ0v) is 24.4. The van der Waals surface area contributed by atoms with Gasteiger partial charge in [0.15, 0.2) is 4.34 Å². The Labute approximate surface area is 225 Å². The van der Waals surface area contributed by atoms with Crippen LogP contribution in [-0.2, 0) is 27.6 Å². The molecule has 1 aliphatic rings. The molecule has 0 fully saturated rings. The van der Waals surface area contributed by atoms with Crippen LogP contribution < -0.4 is 5.14 Å². The summed E-state index contributed by atoms with van der Waals surface area (Å²) in [7, 11) is -1.20. The van der Waals surface area contributed by atoms with Crippen molar-refractivity contribution in [3.8, 4) is 0 Å². The smallest absolute Gasteiger partial charge is 0.257 e. The molecule has 9 heteroatoms. The maximum absolute atomic E-state index is 13.1. The number of amides is 1. The zero-order chi connectivity index (χ0) is 26.8. The van der Waals surface area contributed by atoms with Crippen LogP contribution in [0.2, 0.25) is 0 Å². The molecule has 2 aromatic rings. The number of thiazole rings is 1. The van der Waals surface area contributed by atoms with E-state index in [-0.39, 0.29) is 24.2 Å². The van der Waals surface area contributed by atoms with Gasteiger partial charge in [0.25, 0.3) is 5.91 Å². The van der Waals surface area contributed by atoms with Crippen LogP contribution in [0.25, 0.3) is 5.57 Å². The second-order valence-corrected chi connectivity index (χ2v) is 13.3. The van der Waals surface area contributed by atoms with Gasteiger partial charge in [-0.1, -0.05) is 69.6 Å². The van der Waals surface area contributed by atoms with Gasteiger partial charge in [0.05, 0.1) is 11.3 Å². The predicted octanol–water partition coefficient (Wildman–Crippen LogP) is 7.74. The summed E-state index contributed by atoms with van der Waals surface area (Å²) in [5.74, 6) is 0.505. The normalized spacial score (nSPS) is 17.4. The maximum Gasteiger partial charge on any atom is 0.257 e. The van der Waals surface area contributed by atoms with Gasteiger partial charge in [0, 0.05) is 22.1 Å². The molecule has 0 radical (unpaired) electrons. The van der Waals surface area contributed by atoms with Crippen molar-refractivity contribution >= 4 is 45.3 Å². The standard InChI is InChI=1S/C27H35ClN4O2S2/c1-15(2)20-10-19(18-9-8-17(5)23(28)12-18)11-21(16(3)4)22(20)13-25(33)31-36(29)26-30-14-24(35-26)27(6,7)32-34/h9-12,14-17H,8,13H2,1-7H3,(H2,29,31,33). The van der Waals surface area contributed by atoms with E-state index in [4.69, 9.17) is 16.7 Å². The van der Waals surface area contributed by atoms with Crippen molar-refractivity contribution in [2.24, 2.45) is 20.6 Å². The maximum atomic E-state index is 13.1. The van der Waals surface area contributed by atoms with Crippen LogP contribution in [0.3, 0.4) is 0 Å². The SMILES string of the molecule is CC1CC=C(c2cc(C(C)C)c(CC(=O)N=S(N)c3ncc(C(C)(C)N=O)s3)c(C(C)C)c2)C=C1Cl. The first-order valence-corrected chi connectivity index (χ1v) is 14.6. The molecule has 0 aliphatic heterocycles. The van der Waals surface area contributed by atoms with Crippen LogP contribution in [0.4, 0.5) is 0 Å². The third kappa shape index (κ3) is 6.46. The van der Waals surface area contributed by atoms with E-state index in [9.17, 15) is 9.70 Å². The summed E-state index contributed by atoms with van der Waals surface area (Å²) in [6.07, 6.45) is 6.97. The fourth-order valence-corrected chi connectivity index (χ4v) is 6.24. The lowest BCUT2D eigenvalue weighted by molar-refractivity contribution is -0.117. The Bertz CT molecular complexity index is 1230. The van der Waals surface area contributed by atoms with Crippen LogP contribution in [-0.4, -0.2) is 10.9 Å². The summed E-state index contributed by atoms with van der Waals surface area (Å²) in [6.45, 7) is 14.1. The lowest BCUT2D eigenvalue weighted by Crippen LogP contribution is -2.13. The number of nitrogens with two attached hydrogens (primary N) is 1. The summed E-state index contributed by atoms with van der Waals surface area (Å²) < 4.78 is 4.78. The molecule has 1 heterocycles. The molecule has 2 unspecified atom stereocenters. The highest BCUT2D eigenvalue weighted by Crippen LogP contribution is 2.37. The number of halogens is 1. The second-order valence-electron chi connectivity index (χ2n) is 10.4. The van der Waals surface area contributed by atoms with Gasteiger partial charge in [-0.05, 0) is 71.9 Å². The molecular weight excluding hydrogens is 512 g/mol. The molecule has 1 aliphatic carbocycles. The van der Waals surface area contributed by atoms with Gasteiger partial charge in [-0.15, -0.1) is 16.2 Å². The van der Waals surface area contributed by atoms with Crippen LogP contribution in [0.5, 0.6) is 0 Å². The lowest BCUT2D eigenvalue weighted by Gasteiger charge is -2.23. The average Bonchev–Trinajstić information content (AvgIpc) is 3.32. The fraction of sp³-hybridized carbons (Fsp3) is 0.481. The van der Waals surface area contributed by atoms with Gasteiger partial charge >= 0.3 is 0 Å². The summed E-state index contributed by atoms with van der Waals surface area (Å²) in [5, 5.41) is 10.3. The van der Waals surface area contributed by atoms with Gasteiger partial charge in [-0.3, -0.25) is 9.93 Å². The first-order valence-electron chi connectivity index (χ1n) is 12.1. The third-order valence-electron chi connectivity index (χ3n) is 6.37. The molecular formula is C27H35ClN4O2S2. The van der Waals surface area contributed by atoms with Crippen molar-refractivity contribution in [1.82, 2.24) is 4.98 Å². The van der Waals surface area contributed by atoms with Gasteiger partial charge in [0.1, 0.15) is 5.54 Å². The zero-order valence-electron chi connectivity index (χ0n) is 22.0. The van der Waals surface area contributed by atoms with E-state index in [1.54, 1.807) is 20.0 Å². The van der Waals surface area contributed by atoms with Crippen molar-refractivity contribution < 1.29 is 4.79 Å². The van der Waals surface area contributed by atoms with E-state index in [1.807, 2.05) is 0 Å². The van der Waals surface area contributed by atoms with Gasteiger partial charge in [0.2, 0.25) is 0 Å². The Balaban J connectivity index is 1.96. The average molecular weight is 547 g/mol. The molecule has 3 rings (SSSR count). The molecule has 6 nitrogen and oxygen atoms in total. The lowest BCUT2D eigenvalue weighted by atomic mass is 9.83. The minimum Gasteiger partial charge on any atom is -0.272 e. The Kier molecular flexibility index (Phi) is 9.20. The van der Waals surface area contributed by atoms with Gasteiger partial charge in [-0.25, -0.2) is 4.98 Å². The molecule has 0 spiro atoms. The Morgan fingerprint density at radius 1 is 1.25 bits per heavy atom. The molecule has 1 aromatic heterocycles. The van der Waals surface area contributed by atoms with E-state index < -0.39 is 16.4 Å². The number of allylic oxidation sites excluding steroid dienone is 4. The van der Waals surface area contributed by atoms with Crippen molar-refractivity contribution in [3.63, 3.8) is 0 Å². The third-order valence-corrected chi connectivity index (χ3v) is 9.59. The number of hydrogen-bond acceptors (Lipinski definition) is 5. The number of nitroso groups, excluding NO2 is 1. The van der Waals surface area contributed by atoms with Crippen LogP contribution >= 0.6 is 22.9 Å². The first-order chi connectivity index (χ1) is 16.8. The van der Waals surface area contributed by atoms with E-state index in [0.29, 0.717) is 15.1 Å². The van der Waals surface area contributed by atoms with Gasteiger partial charge in [-0.2, -0.15) is 4.36 Å².